The Morgan fingerprint density at radius 3 is 3.28 bits per heavy atom. The average molecular weight is 268 g/mol. The fourth-order valence-electron chi connectivity index (χ4n) is 2.03. The van der Waals surface area contributed by atoms with Crippen LogP contribution in [0.5, 0.6) is 0 Å². The second kappa shape index (κ2) is 6.85. The first-order chi connectivity index (χ1) is 8.78. The van der Waals surface area contributed by atoms with Crippen molar-refractivity contribution in [2.75, 3.05) is 13.2 Å². The predicted octanol–water partition coefficient (Wildman–Crippen LogP) is 2.14. The van der Waals surface area contributed by atoms with Crippen LogP contribution in [-0.2, 0) is 22.5 Å². The molecular weight excluding hydrogens is 248 g/mol. The van der Waals surface area contributed by atoms with Gasteiger partial charge in [-0.25, -0.2) is 4.98 Å². The van der Waals surface area contributed by atoms with Gasteiger partial charge in [-0.2, -0.15) is 0 Å². The Bertz CT molecular complexity index is 386. The second-order valence-electron chi connectivity index (χ2n) is 4.69. The Hall–Kier alpha value is -0.940. The number of carbonyl (C=O) groups excluding carboxylic acids is 1. The number of thiazole rings is 1. The maximum Gasteiger partial charge on any atom is 0.220 e. The normalized spacial score (nSPS) is 19.1. The van der Waals surface area contributed by atoms with Gasteiger partial charge in [-0.1, -0.05) is 6.92 Å². The fourth-order valence-corrected chi connectivity index (χ4v) is 2.93. The minimum absolute atomic E-state index is 0.107. The number of amides is 1. The fraction of sp³-hybridized carbons (Fsp3) is 0.692. The van der Waals surface area contributed by atoms with Crippen molar-refractivity contribution in [3.8, 4) is 0 Å². The van der Waals surface area contributed by atoms with Crippen LogP contribution < -0.4 is 5.32 Å². The highest BCUT2D eigenvalue weighted by atomic mass is 32.1. The summed E-state index contributed by atoms with van der Waals surface area (Å²) in [5.41, 5.74) is 0.972. The third kappa shape index (κ3) is 4.07. The van der Waals surface area contributed by atoms with Gasteiger partial charge in [0.2, 0.25) is 5.91 Å². The van der Waals surface area contributed by atoms with Gasteiger partial charge >= 0.3 is 0 Å². The number of aromatic nitrogens is 1. The molecule has 100 valence electrons. The molecule has 0 bridgehead atoms. The largest absolute Gasteiger partial charge is 0.381 e. The number of nitrogens with zero attached hydrogens (tertiary/aromatic N) is 1. The molecule has 1 aliphatic rings. The molecule has 0 saturated carbocycles. The molecular formula is C13H20N2O2S. The Balaban J connectivity index is 1.70. The van der Waals surface area contributed by atoms with Gasteiger partial charge in [-0.3, -0.25) is 4.79 Å². The molecule has 1 saturated heterocycles. The molecule has 0 radical (unpaired) electrons. The van der Waals surface area contributed by atoms with E-state index < -0.39 is 0 Å². The van der Waals surface area contributed by atoms with E-state index >= 15 is 0 Å². The highest BCUT2D eigenvalue weighted by molar-refractivity contribution is 7.09. The quantitative estimate of drug-likeness (QED) is 0.860. The van der Waals surface area contributed by atoms with Crippen LogP contribution in [0, 0.1) is 5.92 Å². The summed E-state index contributed by atoms with van der Waals surface area (Å²) in [6.07, 6.45) is 3.72. The van der Waals surface area contributed by atoms with E-state index in [-0.39, 0.29) is 5.91 Å². The number of hydrogen-bond donors (Lipinski definition) is 1. The van der Waals surface area contributed by atoms with Crippen LogP contribution in [0.25, 0.3) is 0 Å². The van der Waals surface area contributed by atoms with Crippen molar-refractivity contribution in [2.24, 2.45) is 5.92 Å². The van der Waals surface area contributed by atoms with Crippen molar-refractivity contribution in [1.82, 2.24) is 10.3 Å². The van der Waals surface area contributed by atoms with Crippen LogP contribution in [0.1, 0.15) is 36.9 Å². The third-order valence-electron chi connectivity index (χ3n) is 3.03. The molecule has 18 heavy (non-hydrogen) atoms. The first-order valence-corrected chi connectivity index (χ1v) is 7.43. The van der Waals surface area contributed by atoms with Crippen molar-refractivity contribution in [3.63, 3.8) is 0 Å². The monoisotopic (exact) mass is 268 g/mol. The number of aryl methyl sites for hydroxylation is 1. The van der Waals surface area contributed by atoms with Gasteiger partial charge in [-0.15, -0.1) is 11.3 Å². The van der Waals surface area contributed by atoms with E-state index in [1.807, 2.05) is 5.38 Å². The first-order valence-electron chi connectivity index (χ1n) is 6.55. The van der Waals surface area contributed by atoms with Crippen molar-refractivity contribution in [3.05, 3.63) is 16.1 Å². The minimum atomic E-state index is 0.107. The van der Waals surface area contributed by atoms with Gasteiger partial charge < -0.3 is 10.1 Å². The molecule has 1 aromatic rings. The van der Waals surface area contributed by atoms with E-state index in [9.17, 15) is 4.79 Å². The molecule has 4 nitrogen and oxygen atoms in total. The van der Waals surface area contributed by atoms with Gasteiger partial charge in [0, 0.05) is 25.0 Å². The smallest absolute Gasteiger partial charge is 0.220 e. The van der Waals surface area contributed by atoms with E-state index in [1.165, 1.54) is 0 Å². The van der Waals surface area contributed by atoms with Crippen LogP contribution in [0.3, 0.4) is 0 Å². The van der Waals surface area contributed by atoms with Crippen molar-refractivity contribution < 1.29 is 9.53 Å². The lowest BCUT2D eigenvalue weighted by atomic mass is 10.1. The van der Waals surface area contributed by atoms with E-state index in [4.69, 9.17) is 4.74 Å². The number of ether oxygens (including phenoxy) is 1. The lowest BCUT2D eigenvalue weighted by molar-refractivity contribution is -0.122. The van der Waals surface area contributed by atoms with Gasteiger partial charge in [0.1, 0.15) is 0 Å². The average Bonchev–Trinajstić information content (AvgIpc) is 2.99. The van der Waals surface area contributed by atoms with Crippen LogP contribution in [0.2, 0.25) is 0 Å². The Labute approximate surface area is 112 Å². The van der Waals surface area contributed by atoms with Crippen molar-refractivity contribution in [1.29, 1.82) is 0 Å². The van der Waals surface area contributed by atoms with Crippen molar-refractivity contribution >= 4 is 17.2 Å². The summed E-state index contributed by atoms with van der Waals surface area (Å²) in [6, 6.07) is 0. The molecule has 0 aromatic carbocycles. The summed E-state index contributed by atoms with van der Waals surface area (Å²) in [4.78, 5) is 16.2. The van der Waals surface area contributed by atoms with Gasteiger partial charge in [0.25, 0.3) is 0 Å². The molecule has 0 spiro atoms. The molecule has 1 aromatic heterocycles. The zero-order valence-corrected chi connectivity index (χ0v) is 11.6. The van der Waals surface area contributed by atoms with Crippen LogP contribution >= 0.6 is 11.3 Å². The first kappa shape index (κ1) is 13.5. The number of nitrogens with one attached hydrogen (secondary N) is 1. The van der Waals surface area contributed by atoms with Crippen LogP contribution in [0.15, 0.2) is 5.38 Å². The Morgan fingerprint density at radius 2 is 2.56 bits per heavy atom. The SMILES string of the molecule is CCCc1nc(CNC(=O)CC2CCOC2)cs1. The molecule has 5 heteroatoms. The van der Waals surface area contributed by atoms with Crippen LogP contribution in [0.4, 0.5) is 0 Å². The van der Waals surface area contributed by atoms with Crippen LogP contribution in [-0.4, -0.2) is 24.1 Å². The summed E-state index contributed by atoms with van der Waals surface area (Å²) >= 11 is 1.68. The standard InChI is InChI=1S/C13H20N2O2S/c1-2-3-13-15-11(9-18-13)7-14-12(16)6-10-4-5-17-8-10/h9-10H,2-8H2,1H3,(H,14,16). The minimum Gasteiger partial charge on any atom is -0.381 e. The summed E-state index contributed by atoms with van der Waals surface area (Å²) in [5.74, 6) is 0.506. The summed E-state index contributed by atoms with van der Waals surface area (Å²) in [5, 5.41) is 6.12. The molecule has 1 aliphatic heterocycles. The molecule has 1 unspecified atom stereocenters. The molecule has 2 heterocycles. The Morgan fingerprint density at radius 1 is 1.67 bits per heavy atom. The molecule has 1 N–H and O–H groups in total. The number of carbonyl (C=O) groups is 1. The molecule has 1 atom stereocenters. The highest BCUT2D eigenvalue weighted by Gasteiger charge is 2.18. The Kier molecular flexibility index (Phi) is 5.13. The third-order valence-corrected chi connectivity index (χ3v) is 3.99. The lowest BCUT2D eigenvalue weighted by Gasteiger charge is -2.07. The van der Waals surface area contributed by atoms with Gasteiger partial charge in [-0.05, 0) is 25.2 Å². The summed E-state index contributed by atoms with van der Waals surface area (Å²) < 4.78 is 5.26. The highest BCUT2D eigenvalue weighted by Crippen LogP contribution is 2.16. The van der Waals surface area contributed by atoms with Gasteiger partial charge in [0.15, 0.2) is 0 Å². The number of rotatable bonds is 6. The zero-order valence-electron chi connectivity index (χ0n) is 10.8. The predicted molar refractivity (Wildman–Crippen MR) is 71.5 cm³/mol. The maximum absolute atomic E-state index is 11.7. The lowest BCUT2D eigenvalue weighted by Crippen LogP contribution is -2.25. The topological polar surface area (TPSA) is 51.2 Å². The molecule has 1 amide bonds. The van der Waals surface area contributed by atoms with Crippen molar-refractivity contribution in [2.45, 2.75) is 39.2 Å². The van der Waals surface area contributed by atoms with E-state index in [0.29, 0.717) is 18.9 Å². The summed E-state index contributed by atoms with van der Waals surface area (Å²) in [7, 11) is 0. The molecule has 0 aliphatic carbocycles. The molecule has 1 fully saturated rings. The summed E-state index contributed by atoms with van der Waals surface area (Å²) in [6.45, 7) is 4.22. The number of hydrogen-bond acceptors (Lipinski definition) is 4. The van der Waals surface area contributed by atoms with E-state index in [0.717, 1.165) is 43.2 Å². The maximum atomic E-state index is 11.7. The zero-order chi connectivity index (χ0) is 12.8. The molecule has 2 rings (SSSR count). The van der Waals surface area contributed by atoms with E-state index in [1.54, 1.807) is 11.3 Å². The van der Waals surface area contributed by atoms with Gasteiger partial charge in [0.05, 0.1) is 17.2 Å². The second-order valence-corrected chi connectivity index (χ2v) is 5.64. The van der Waals surface area contributed by atoms with E-state index in [2.05, 4.69) is 17.2 Å².